The second-order valence-corrected chi connectivity index (χ2v) is 6.24. The number of rotatable bonds is 3. The number of anilines is 1. The highest BCUT2D eigenvalue weighted by atomic mass is 16.6. The highest BCUT2D eigenvalue weighted by Gasteiger charge is 2.17. The quantitative estimate of drug-likeness (QED) is 0.864. The van der Waals surface area contributed by atoms with Crippen LogP contribution < -0.4 is 5.32 Å². The van der Waals surface area contributed by atoms with Gasteiger partial charge in [0.2, 0.25) is 0 Å². The van der Waals surface area contributed by atoms with Gasteiger partial charge in [-0.25, -0.2) is 4.79 Å². The van der Waals surface area contributed by atoms with Gasteiger partial charge in [0, 0.05) is 34.9 Å². The van der Waals surface area contributed by atoms with E-state index in [0.29, 0.717) is 11.3 Å². The molecule has 118 valence electrons. The molecule has 0 spiro atoms. The number of fused-ring (bicyclic) bond motifs is 1. The second kappa shape index (κ2) is 5.83. The molecule has 1 N–H and O–H groups in total. The Hall–Kier alpha value is -2.30. The summed E-state index contributed by atoms with van der Waals surface area (Å²) in [4.78, 5) is 23.6. The molecule has 0 atom stereocenters. The average Bonchev–Trinajstić information content (AvgIpc) is 2.74. The van der Waals surface area contributed by atoms with Crippen LogP contribution in [-0.2, 0) is 11.3 Å². The predicted octanol–water partition coefficient (Wildman–Crippen LogP) is 4.21. The van der Waals surface area contributed by atoms with Crippen LogP contribution in [0.5, 0.6) is 0 Å². The van der Waals surface area contributed by atoms with Crippen molar-refractivity contribution in [3.63, 3.8) is 0 Å². The molecule has 1 amide bonds. The van der Waals surface area contributed by atoms with Crippen LogP contribution in [0.1, 0.15) is 45.0 Å². The third-order valence-corrected chi connectivity index (χ3v) is 3.25. The molecule has 22 heavy (non-hydrogen) atoms. The monoisotopic (exact) mass is 302 g/mol. The SMILES string of the molecule is CCn1cc(C(C)=O)c2cc(NC(=O)OC(C)(C)C)ccc21. The lowest BCUT2D eigenvalue weighted by atomic mass is 10.1. The van der Waals surface area contributed by atoms with Gasteiger partial charge in [-0.1, -0.05) is 0 Å². The molecule has 0 aliphatic rings. The van der Waals surface area contributed by atoms with E-state index in [0.717, 1.165) is 17.4 Å². The number of ketones is 1. The number of carbonyl (C=O) groups is 2. The molecule has 0 bridgehead atoms. The fourth-order valence-corrected chi connectivity index (χ4v) is 2.34. The number of nitrogens with one attached hydrogen (secondary N) is 1. The molecular formula is C17H22N2O3. The Kier molecular flexibility index (Phi) is 4.26. The van der Waals surface area contributed by atoms with Crippen molar-refractivity contribution in [3.05, 3.63) is 30.0 Å². The molecule has 5 nitrogen and oxygen atoms in total. The zero-order valence-electron chi connectivity index (χ0n) is 13.7. The number of benzene rings is 1. The molecular weight excluding hydrogens is 280 g/mol. The average molecular weight is 302 g/mol. The molecule has 0 fully saturated rings. The van der Waals surface area contributed by atoms with Gasteiger partial charge in [0.25, 0.3) is 0 Å². The van der Waals surface area contributed by atoms with Crippen LogP contribution >= 0.6 is 0 Å². The maximum atomic E-state index is 11.8. The van der Waals surface area contributed by atoms with Crippen LogP contribution in [0.15, 0.2) is 24.4 Å². The lowest BCUT2D eigenvalue weighted by Crippen LogP contribution is -2.27. The number of amides is 1. The highest BCUT2D eigenvalue weighted by molar-refractivity contribution is 6.08. The predicted molar refractivity (Wildman–Crippen MR) is 87.5 cm³/mol. The van der Waals surface area contributed by atoms with Gasteiger partial charge in [-0.15, -0.1) is 0 Å². The first-order valence-corrected chi connectivity index (χ1v) is 7.35. The molecule has 0 radical (unpaired) electrons. The van der Waals surface area contributed by atoms with Gasteiger partial charge in [-0.3, -0.25) is 10.1 Å². The lowest BCUT2D eigenvalue weighted by molar-refractivity contribution is 0.0636. The third kappa shape index (κ3) is 3.47. The number of hydrogen-bond acceptors (Lipinski definition) is 3. The molecule has 0 unspecified atom stereocenters. The Morgan fingerprint density at radius 2 is 1.95 bits per heavy atom. The summed E-state index contributed by atoms with van der Waals surface area (Å²) in [7, 11) is 0. The van der Waals surface area contributed by atoms with Gasteiger partial charge in [0.15, 0.2) is 5.78 Å². The summed E-state index contributed by atoms with van der Waals surface area (Å²) in [5, 5.41) is 3.54. The van der Waals surface area contributed by atoms with Crippen molar-refractivity contribution >= 4 is 28.5 Å². The second-order valence-electron chi connectivity index (χ2n) is 6.24. The lowest BCUT2D eigenvalue weighted by Gasteiger charge is -2.19. The summed E-state index contributed by atoms with van der Waals surface area (Å²) < 4.78 is 7.25. The van der Waals surface area contributed by atoms with Crippen molar-refractivity contribution in [2.75, 3.05) is 5.32 Å². The minimum atomic E-state index is -0.551. The smallest absolute Gasteiger partial charge is 0.412 e. The van der Waals surface area contributed by atoms with E-state index in [4.69, 9.17) is 4.74 Å². The van der Waals surface area contributed by atoms with Crippen molar-refractivity contribution < 1.29 is 14.3 Å². The summed E-state index contributed by atoms with van der Waals surface area (Å²) in [5.41, 5.74) is 1.69. The number of hydrogen-bond donors (Lipinski definition) is 1. The molecule has 1 aromatic heterocycles. The number of Topliss-reactive ketones (excluding diaryl/α,β-unsaturated/α-hetero) is 1. The fraction of sp³-hybridized carbons (Fsp3) is 0.412. The molecule has 2 aromatic rings. The van der Waals surface area contributed by atoms with E-state index >= 15 is 0 Å². The maximum absolute atomic E-state index is 11.8. The van der Waals surface area contributed by atoms with Crippen LogP contribution in [0.4, 0.5) is 10.5 Å². The molecule has 1 heterocycles. The van der Waals surface area contributed by atoms with E-state index in [1.165, 1.54) is 0 Å². The number of aromatic nitrogens is 1. The Morgan fingerprint density at radius 3 is 2.50 bits per heavy atom. The normalized spacial score (nSPS) is 11.5. The minimum Gasteiger partial charge on any atom is -0.444 e. The Bertz CT molecular complexity index is 723. The van der Waals surface area contributed by atoms with Crippen molar-refractivity contribution in [1.82, 2.24) is 4.57 Å². The summed E-state index contributed by atoms with van der Waals surface area (Å²) in [6.07, 6.45) is 1.34. The zero-order chi connectivity index (χ0) is 16.5. The molecule has 0 saturated carbocycles. The summed E-state index contributed by atoms with van der Waals surface area (Å²) in [5.74, 6) is 0.00613. The van der Waals surface area contributed by atoms with Crippen molar-refractivity contribution in [2.45, 2.75) is 46.8 Å². The molecule has 1 aromatic carbocycles. The summed E-state index contributed by atoms with van der Waals surface area (Å²) >= 11 is 0. The van der Waals surface area contributed by atoms with Crippen LogP contribution in [0, 0.1) is 0 Å². The topological polar surface area (TPSA) is 60.3 Å². The van der Waals surface area contributed by atoms with E-state index in [1.807, 2.05) is 56.7 Å². The van der Waals surface area contributed by atoms with Gasteiger partial charge >= 0.3 is 6.09 Å². The summed E-state index contributed by atoms with van der Waals surface area (Å²) in [6, 6.07) is 5.52. The molecule has 5 heteroatoms. The first-order valence-electron chi connectivity index (χ1n) is 7.35. The minimum absolute atomic E-state index is 0.00613. The van der Waals surface area contributed by atoms with Crippen molar-refractivity contribution in [2.24, 2.45) is 0 Å². The molecule has 0 saturated heterocycles. The van der Waals surface area contributed by atoms with Gasteiger partial charge in [0.05, 0.1) is 0 Å². The van der Waals surface area contributed by atoms with Gasteiger partial charge in [-0.05, 0) is 52.8 Å². The Labute approximate surface area is 130 Å². The first kappa shape index (κ1) is 16.1. The van der Waals surface area contributed by atoms with Crippen LogP contribution in [-0.4, -0.2) is 22.0 Å². The zero-order valence-corrected chi connectivity index (χ0v) is 13.7. The summed E-state index contributed by atoms with van der Waals surface area (Å²) in [6.45, 7) is 9.78. The largest absolute Gasteiger partial charge is 0.444 e. The molecule has 0 aliphatic carbocycles. The van der Waals surface area contributed by atoms with E-state index in [2.05, 4.69) is 5.32 Å². The Balaban J connectivity index is 2.35. The van der Waals surface area contributed by atoms with Crippen LogP contribution in [0.3, 0.4) is 0 Å². The van der Waals surface area contributed by atoms with E-state index in [9.17, 15) is 9.59 Å². The Morgan fingerprint density at radius 1 is 1.27 bits per heavy atom. The van der Waals surface area contributed by atoms with E-state index in [1.54, 1.807) is 6.92 Å². The number of carbonyl (C=O) groups excluding carboxylic acids is 2. The van der Waals surface area contributed by atoms with Crippen LogP contribution in [0.2, 0.25) is 0 Å². The molecule has 2 rings (SSSR count). The molecule has 0 aliphatic heterocycles. The first-order chi connectivity index (χ1) is 10.2. The number of ether oxygens (including phenoxy) is 1. The standard InChI is InChI=1S/C17H22N2O3/c1-6-19-10-14(11(2)20)13-9-12(7-8-15(13)19)18-16(21)22-17(3,4)5/h7-10H,6H2,1-5H3,(H,18,21). The van der Waals surface area contributed by atoms with Crippen molar-refractivity contribution in [3.8, 4) is 0 Å². The van der Waals surface area contributed by atoms with Gasteiger partial charge in [-0.2, -0.15) is 0 Å². The fourth-order valence-electron chi connectivity index (χ4n) is 2.34. The van der Waals surface area contributed by atoms with E-state index in [-0.39, 0.29) is 5.78 Å². The van der Waals surface area contributed by atoms with E-state index < -0.39 is 11.7 Å². The van der Waals surface area contributed by atoms with Crippen molar-refractivity contribution in [1.29, 1.82) is 0 Å². The highest BCUT2D eigenvalue weighted by Crippen LogP contribution is 2.26. The number of aryl methyl sites for hydroxylation is 1. The van der Waals surface area contributed by atoms with Crippen LogP contribution in [0.25, 0.3) is 10.9 Å². The maximum Gasteiger partial charge on any atom is 0.412 e. The number of nitrogens with zero attached hydrogens (tertiary/aromatic N) is 1. The van der Waals surface area contributed by atoms with Gasteiger partial charge in [0.1, 0.15) is 5.60 Å². The third-order valence-electron chi connectivity index (χ3n) is 3.25. The van der Waals surface area contributed by atoms with Gasteiger partial charge < -0.3 is 9.30 Å².